The summed E-state index contributed by atoms with van der Waals surface area (Å²) in [6, 6.07) is 3.76. The molecule has 18 nitrogen and oxygen atoms in total. The molecule has 3 heterocycles. The van der Waals surface area contributed by atoms with Crippen LogP contribution < -0.4 is 24.4 Å². The van der Waals surface area contributed by atoms with Gasteiger partial charge in [0, 0.05) is 5.56 Å². The van der Waals surface area contributed by atoms with Gasteiger partial charge < -0.3 is 83.5 Å². The zero-order valence-electron chi connectivity index (χ0n) is 25.9. The van der Waals surface area contributed by atoms with Crippen LogP contribution in [-0.2, 0) is 14.2 Å². The van der Waals surface area contributed by atoms with Crippen molar-refractivity contribution < 1.29 is 83.5 Å². The van der Waals surface area contributed by atoms with Gasteiger partial charge in [0.15, 0.2) is 41.0 Å². The Kier molecular flexibility index (Phi) is 10.1. The molecule has 0 aliphatic carbocycles. The Morgan fingerprint density at radius 2 is 1.46 bits per heavy atom. The third-order valence-corrected chi connectivity index (χ3v) is 8.17. The summed E-state index contributed by atoms with van der Waals surface area (Å²) in [4.78, 5) is 14.3. The molecular formula is C30H36O18. The summed E-state index contributed by atoms with van der Waals surface area (Å²) in [6.45, 7) is 0.526. The summed E-state index contributed by atoms with van der Waals surface area (Å²) in [5.41, 5.74) is -1.55. The molecule has 48 heavy (non-hydrogen) atoms. The molecule has 264 valence electrons. The van der Waals surface area contributed by atoms with Crippen LogP contribution in [0.4, 0.5) is 0 Å². The molecule has 18 heteroatoms. The highest BCUT2D eigenvalue weighted by Gasteiger charge is 2.51. The van der Waals surface area contributed by atoms with Crippen LogP contribution in [-0.4, -0.2) is 135 Å². The topological polar surface area (TPSA) is 277 Å². The highest BCUT2D eigenvalue weighted by molar-refractivity contribution is 5.96. The van der Waals surface area contributed by atoms with Crippen molar-refractivity contribution in [2.45, 2.75) is 68.3 Å². The van der Waals surface area contributed by atoms with Gasteiger partial charge in [0.25, 0.3) is 0 Å². The Morgan fingerprint density at radius 1 is 0.771 bits per heavy atom. The van der Waals surface area contributed by atoms with Gasteiger partial charge in [-0.3, -0.25) is 4.79 Å². The molecule has 2 saturated heterocycles. The minimum Gasteiger partial charge on any atom is -0.504 e. The first kappa shape index (κ1) is 35.2. The molecule has 5 rings (SSSR count). The van der Waals surface area contributed by atoms with E-state index in [1.54, 1.807) is 0 Å². The molecule has 0 spiro atoms. The Balaban J connectivity index is 1.71. The number of aliphatic hydroxyl groups excluding tert-OH is 6. The van der Waals surface area contributed by atoms with Crippen molar-refractivity contribution in [1.29, 1.82) is 0 Å². The molecule has 0 amide bonds. The average Bonchev–Trinajstić information content (AvgIpc) is 3.07. The van der Waals surface area contributed by atoms with Crippen LogP contribution in [0.2, 0.25) is 0 Å². The Hall–Kier alpha value is -4.11. The summed E-state index contributed by atoms with van der Waals surface area (Å²) < 4.78 is 44.4. The largest absolute Gasteiger partial charge is 0.504 e. The van der Waals surface area contributed by atoms with E-state index in [4.69, 9.17) is 37.6 Å². The predicted octanol–water partition coefficient (Wildman–Crippen LogP) is -1.37. The van der Waals surface area contributed by atoms with Crippen LogP contribution >= 0.6 is 0 Å². The van der Waals surface area contributed by atoms with Crippen LogP contribution in [0.1, 0.15) is 6.92 Å². The van der Waals surface area contributed by atoms with E-state index in [2.05, 4.69) is 0 Å². The maximum atomic E-state index is 14.3. The third kappa shape index (κ3) is 5.91. The van der Waals surface area contributed by atoms with E-state index < -0.39 is 119 Å². The molecule has 10 atom stereocenters. The lowest BCUT2D eigenvalue weighted by Gasteiger charge is -2.45. The summed E-state index contributed by atoms with van der Waals surface area (Å²) in [5, 5.41) is 93.9. The number of hydrogen-bond donors (Lipinski definition) is 9. The zero-order chi connectivity index (χ0) is 35.2. The Bertz CT molecular complexity index is 1690. The highest BCUT2D eigenvalue weighted by Crippen LogP contribution is 2.51. The SMILES string of the molecule is COc1cc(-c2oc3c(OC)c(O)c(OC)c(O)c3c(=O)c2O[C@@H]2OC(CO)[C@@H](O)C(O)C2O[C@@H]2OC(C)[C@H](O)C(O)[C@@H]2O)ccc1O. The first-order valence-corrected chi connectivity index (χ1v) is 14.5. The van der Waals surface area contributed by atoms with Crippen molar-refractivity contribution in [2.24, 2.45) is 0 Å². The fourth-order valence-electron chi connectivity index (χ4n) is 5.52. The van der Waals surface area contributed by atoms with Crippen molar-refractivity contribution in [3.8, 4) is 51.6 Å². The predicted molar refractivity (Wildman–Crippen MR) is 158 cm³/mol. The number of rotatable bonds is 9. The van der Waals surface area contributed by atoms with Crippen LogP contribution in [0.3, 0.4) is 0 Å². The van der Waals surface area contributed by atoms with Gasteiger partial charge in [-0.15, -0.1) is 0 Å². The van der Waals surface area contributed by atoms with E-state index in [1.165, 1.54) is 32.2 Å². The molecule has 1 aromatic heterocycles. The highest BCUT2D eigenvalue weighted by atomic mass is 16.8. The first-order valence-electron chi connectivity index (χ1n) is 14.5. The van der Waals surface area contributed by atoms with Crippen LogP contribution in [0, 0.1) is 0 Å². The van der Waals surface area contributed by atoms with Crippen LogP contribution in [0.5, 0.6) is 40.2 Å². The fraction of sp³-hybridized carbons (Fsp3) is 0.500. The first-order chi connectivity index (χ1) is 22.8. The molecule has 5 unspecified atom stereocenters. The van der Waals surface area contributed by atoms with Crippen molar-refractivity contribution in [1.82, 2.24) is 0 Å². The van der Waals surface area contributed by atoms with E-state index in [1.807, 2.05) is 0 Å². The summed E-state index contributed by atoms with van der Waals surface area (Å²) in [5.74, 6) is -4.06. The zero-order valence-corrected chi connectivity index (χ0v) is 25.9. The molecule has 0 radical (unpaired) electrons. The molecule has 2 aromatic carbocycles. The molecule has 2 aliphatic rings. The van der Waals surface area contributed by atoms with Crippen molar-refractivity contribution >= 4 is 11.0 Å². The number of fused-ring (bicyclic) bond motifs is 1. The van der Waals surface area contributed by atoms with E-state index in [9.17, 15) is 50.8 Å². The molecule has 3 aromatic rings. The Labute approximate surface area is 271 Å². The van der Waals surface area contributed by atoms with Gasteiger partial charge in [-0.1, -0.05) is 0 Å². The maximum absolute atomic E-state index is 14.3. The molecule has 2 fully saturated rings. The molecule has 0 saturated carbocycles. The van der Waals surface area contributed by atoms with Gasteiger partial charge in [-0.2, -0.15) is 0 Å². The number of methoxy groups -OCH3 is 3. The second kappa shape index (κ2) is 13.8. The molecule has 9 N–H and O–H groups in total. The third-order valence-electron chi connectivity index (χ3n) is 8.17. The van der Waals surface area contributed by atoms with E-state index in [0.29, 0.717) is 0 Å². The van der Waals surface area contributed by atoms with E-state index in [-0.39, 0.29) is 17.1 Å². The lowest BCUT2D eigenvalue weighted by molar-refractivity contribution is -0.354. The second-order valence-electron chi connectivity index (χ2n) is 11.1. The van der Waals surface area contributed by atoms with Crippen LogP contribution in [0.15, 0.2) is 27.4 Å². The maximum Gasteiger partial charge on any atom is 0.239 e. The standard InChI is InChI=1S/C30H36O18/c1-9-15(33)19(37)21(39)29(44-9)48-28-20(38)16(34)13(8-31)45-30(28)47-27-18(36)14-17(35)25(42-3)22(40)26(43-4)24(14)46-23(27)10-5-6-11(32)12(7-10)41-2/h5-7,9,13,15-16,19-21,28-35,37-40H,8H2,1-4H3/t9?,13?,15-,16+,19?,20?,21-,28?,29-,30-/m0/s1. The van der Waals surface area contributed by atoms with E-state index in [0.717, 1.165) is 14.2 Å². The summed E-state index contributed by atoms with van der Waals surface area (Å²) >= 11 is 0. The number of aromatic hydroxyl groups is 3. The molecular weight excluding hydrogens is 648 g/mol. The van der Waals surface area contributed by atoms with Gasteiger partial charge in [-0.25, -0.2) is 0 Å². The van der Waals surface area contributed by atoms with Gasteiger partial charge >= 0.3 is 0 Å². The normalized spacial score (nSPS) is 30.6. The minimum absolute atomic E-state index is 0.0278. The summed E-state index contributed by atoms with van der Waals surface area (Å²) in [7, 11) is 3.52. The van der Waals surface area contributed by atoms with Gasteiger partial charge in [-0.05, 0) is 25.1 Å². The number of hydrogen-bond acceptors (Lipinski definition) is 18. The van der Waals surface area contributed by atoms with Gasteiger partial charge in [0.1, 0.15) is 42.0 Å². The van der Waals surface area contributed by atoms with Gasteiger partial charge in [0.2, 0.25) is 34.7 Å². The van der Waals surface area contributed by atoms with E-state index >= 15 is 0 Å². The van der Waals surface area contributed by atoms with Crippen LogP contribution in [0.25, 0.3) is 22.3 Å². The molecule has 2 aliphatic heterocycles. The van der Waals surface area contributed by atoms with Crippen molar-refractivity contribution in [3.05, 3.63) is 28.4 Å². The van der Waals surface area contributed by atoms with Crippen molar-refractivity contribution in [3.63, 3.8) is 0 Å². The number of phenols is 3. The monoisotopic (exact) mass is 684 g/mol. The minimum atomic E-state index is -1.94. The Morgan fingerprint density at radius 3 is 2.08 bits per heavy atom. The number of ether oxygens (including phenoxy) is 7. The number of benzene rings is 2. The second-order valence-corrected chi connectivity index (χ2v) is 11.1. The van der Waals surface area contributed by atoms with Gasteiger partial charge in [0.05, 0.1) is 34.0 Å². The number of phenolic OH excluding ortho intramolecular Hbond substituents is 3. The smallest absolute Gasteiger partial charge is 0.239 e. The number of aliphatic hydroxyl groups is 6. The summed E-state index contributed by atoms with van der Waals surface area (Å²) in [6.07, 6.45) is -16.9. The van der Waals surface area contributed by atoms with Crippen molar-refractivity contribution in [2.75, 3.05) is 27.9 Å². The lowest BCUT2D eigenvalue weighted by atomic mass is 9.97. The quantitative estimate of drug-likeness (QED) is 0.126. The molecule has 0 bridgehead atoms. The average molecular weight is 685 g/mol. The lowest BCUT2D eigenvalue weighted by Crippen LogP contribution is -2.64. The fourth-order valence-corrected chi connectivity index (χ4v) is 5.52.